The van der Waals surface area contributed by atoms with Crippen LogP contribution in [-0.4, -0.2) is 5.91 Å². The van der Waals surface area contributed by atoms with Gasteiger partial charge in [-0.25, -0.2) is 0 Å². The van der Waals surface area contributed by atoms with Crippen LogP contribution >= 0.6 is 0 Å². The molecule has 3 aromatic carbocycles. The van der Waals surface area contributed by atoms with E-state index < -0.39 is 0 Å². The van der Waals surface area contributed by atoms with Gasteiger partial charge >= 0.3 is 0 Å². The Balaban J connectivity index is 1.73. The molecule has 0 saturated heterocycles. The average Bonchev–Trinajstić information content (AvgIpc) is 2.94. The van der Waals surface area contributed by atoms with E-state index in [1.807, 2.05) is 60.7 Å². The van der Waals surface area contributed by atoms with Crippen molar-refractivity contribution in [3.8, 4) is 0 Å². The second kappa shape index (κ2) is 5.04. The van der Waals surface area contributed by atoms with Crippen LogP contribution in [0.2, 0.25) is 0 Å². The number of rotatable bonds is 2. The summed E-state index contributed by atoms with van der Waals surface area (Å²) in [5.74, 6) is -0.118. The first-order chi connectivity index (χ1) is 10.8. The van der Waals surface area contributed by atoms with Gasteiger partial charge in [0.05, 0.1) is 0 Å². The molecule has 1 N–H and O–H groups in total. The summed E-state index contributed by atoms with van der Waals surface area (Å²) in [5, 5.41) is 4.97. The first-order valence-electron chi connectivity index (χ1n) is 7.09. The summed E-state index contributed by atoms with van der Waals surface area (Å²) in [4.78, 5) is 12.2. The smallest absolute Gasteiger partial charge is 0.255 e. The molecule has 3 heteroatoms. The van der Waals surface area contributed by atoms with Crippen molar-refractivity contribution in [3.05, 3.63) is 78.4 Å². The molecular formula is C19H13NO2. The maximum atomic E-state index is 12.2. The van der Waals surface area contributed by atoms with Crippen LogP contribution in [0.4, 0.5) is 5.69 Å². The van der Waals surface area contributed by atoms with Crippen LogP contribution in [-0.2, 0) is 0 Å². The van der Waals surface area contributed by atoms with Crippen molar-refractivity contribution in [3.63, 3.8) is 0 Å². The second-order valence-electron chi connectivity index (χ2n) is 5.13. The van der Waals surface area contributed by atoms with Crippen LogP contribution in [0.1, 0.15) is 10.4 Å². The number of fused-ring (bicyclic) bond motifs is 3. The zero-order chi connectivity index (χ0) is 14.9. The molecule has 0 bridgehead atoms. The van der Waals surface area contributed by atoms with E-state index in [1.165, 1.54) is 0 Å². The standard InChI is InChI=1S/C19H13NO2/c21-19(13-6-2-1-3-7-13)20-14-10-11-18-16(12-14)15-8-4-5-9-17(15)22-18/h1-12H,(H,20,21). The molecule has 22 heavy (non-hydrogen) atoms. The largest absolute Gasteiger partial charge is 0.456 e. The lowest BCUT2D eigenvalue weighted by Crippen LogP contribution is -2.11. The molecule has 0 atom stereocenters. The lowest BCUT2D eigenvalue weighted by molar-refractivity contribution is 0.102. The van der Waals surface area contributed by atoms with Crippen molar-refractivity contribution >= 4 is 33.5 Å². The van der Waals surface area contributed by atoms with Crippen LogP contribution in [0.25, 0.3) is 21.9 Å². The Morgan fingerprint density at radius 2 is 1.50 bits per heavy atom. The van der Waals surface area contributed by atoms with Crippen molar-refractivity contribution in [2.75, 3.05) is 5.32 Å². The summed E-state index contributed by atoms with van der Waals surface area (Å²) in [6, 6.07) is 22.7. The molecule has 106 valence electrons. The van der Waals surface area contributed by atoms with Gasteiger partial charge in [0, 0.05) is 22.0 Å². The maximum Gasteiger partial charge on any atom is 0.255 e. The minimum atomic E-state index is -0.118. The minimum Gasteiger partial charge on any atom is -0.456 e. The molecule has 1 amide bonds. The van der Waals surface area contributed by atoms with E-state index in [0.717, 1.165) is 27.6 Å². The highest BCUT2D eigenvalue weighted by Crippen LogP contribution is 2.30. The number of para-hydroxylation sites is 1. The number of nitrogens with one attached hydrogen (secondary N) is 1. The predicted molar refractivity (Wildman–Crippen MR) is 88.1 cm³/mol. The summed E-state index contributed by atoms with van der Waals surface area (Å²) in [6.07, 6.45) is 0. The summed E-state index contributed by atoms with van der Waals surface area (Å²) in [6.45, 7) is 0. The van der Waals surface area contributed by atoms with Gasteiger partial charge in [-0.3, -0.25) is 4.79 Å². The van der Waals surface area contributed by atoms with Gasteiger partial charge in [0.2, 0.25) is 0 Å². The third-order valence-corrected chi connectivity index (χ3v) is 3.67. The zero-order valence-electron chi connectivity index (χ0n) is 11.7. The number of carbonyl (C=O) groups is 1. The summed E-state index contributed by atoms with van der Waals surface area (Å²) < 4.78 is 5.78. The molecule has 0 saturated carbocycles. The van der Waals surface area contributed by atoms with Crippen LogP contribution < -0.4 is 5.32 Å². The van der Waals surface area contributed by atoms with E-state index in [9.17, 15) is 4.79 Å². The van der Waals surface area contributed by atoms with Crippen LogP contribution in [0.5, 0.6) is 0 Å². The molecule has 0 fully saturated rings. The Bertz CT molecular complexity index is 970. The van der Waals surface area contributed by atoms with Crippen molar-refractivity contribution in [2.45, 2.75) is 0 Å². The van der Waals surface area contributed by atoms with Crippen molar-refractivity contribution in [2.24, 2.45) is 0 Å². The molecule has 1 aromatic heterocycles. The first-order valence-corrected chi connectivity index (χ1v) is 7.09. The van der Waals surface area contributed by atoms with E-state index in [1.54, 1.807) is 12.1 Å². The first kappa shape index (κ1) is 12.7. The van der Waals surface area contributed by atoms with Crippen molar-refractivity contribution in [1.29, 1.82) is 0 Å². The number of benzene rings is 3. The molecule has 4 rings (SSSR count). The topological polar surface area (TPSA) is 42.2 Å². The normalized spacial score (nSPS) is 10.9. The van der Waals surface area contributed by atoms with Gasteiger partial charge in [-0.1, -0.05) is 36.4 Å². The monoisotopic (exact) mass is 287 g/mol. The molecule has 0 unspecified atom stereocenters. The SMILES string of the molecule is O=C(Nc1ccc2oc3ccccc3c2c1)c1ccccc1. The Labute approximate surface area is 127 Å². The van der Waals surface area contributed by atoms with Crippen molar-refractivity contribution in [1.82, 2.24) is 0 Å². The van der Waals surface area contributed by atoms with Crippen LogP contribution in [0, 0.1) is 0 Å². The molecule has 4 aromatic rings. The van der Waals surface area contributed by atoms with E-state index in [0.29, 0.717) is 5.56 Å². The average molecular weight is 287 g/mol. The number of anilines is 1. The summed E-state index contributed by atoms with van der Waals surface area (Å²) in [5.41, 5.74) is 3.07. The quantitative estimate of drug-likeness (QED) is 0.573. The molecule has 0 radical (unpaired) electrons. The number of furan rings is 1. The molecular weight excluding hydrogens is 274 g/mol. The third kappa shape index (κ3) is 2.13. The van der Waals surface area contributed by atoms with E-state index >= 15 is 0 Å². The van der Waals surface area contributed by atoms with Crippen LogP contribution in [0.3, 0.4) is 0 Å². The van der Waals surface area contributed by atoms with Gasteiger partial charge in [0.15, 0.2) is 0 Å². The maximum absolute atomic E-state index is 12.2. The minimum absolute atomic E-state index is 0.118. The van der Waals surface area contributed by atoms with E-state index in [4.69, 9.17) is 4.42 Å². The fraction of sp³-hybridized carbons (Fsp3) is 0. The van der Waals surface area contributed by atoms with Gasteiger partial charge in [-0.2, -0.15) is 0 Å². The number of amides is 1. The van der Waals surface area contributed by atoms with Crippen LogP contribution in [0.15, 0.2) is 77.2 Å². The fourth-order valence-corrected chi connectivity index (χ4v) is 2.60. The molecule has 0 aliphatic rings. The number of hydrogen-bond donors (Lipinski definition) is 1. The lowest BCUT2D eigenvalue weighted by Gasteiger charge is -2.05. The summed E-state index contributed by atoms with van der Waals surface area (Å²) >= 11 is 0. The second-order valence-corrected chi connectivity index (χ2v) is 5.13. The fourth-order valence-electron chi connectivity index (χ4n) is 2.60. The van der Waals surface area contributed by atoms with E-state index in [-0.39, 0.29) is 5.91 Å². The highest BCUT2D eigenvalue weighted by Gasteiger charge is 2.09. The van der Waals surface area contributed by atoms with Gasteiger partial charge < -0.3 is 9.73 Å². The Hall–Kier alpha value is -3.07. The zero-order valence-corrected chi connectivity index (χ0v) is 11.7. The molecule has 0 spiro atoms. The van der Waals surface area contributed by atoms with E-state index in [2.05, 4.69) is 5.32 Å². The number of hydrogen-bond acceptors (Lipinski definition) is 2. The van der Waals surface area contributed by atoms with Gasteiger partial charge in [0.25, 0.3) is 5.91 Å². The van der Waals surface area contributed by atoms with Gasteiger partial charge in [0.1, 0.15) is 11.2 Å². The van der Waals surface area contributed by atoms with Gasteiger partial charge in [-0.15, -0.1) is 0 Å². The highest BCUT2D eigenvalue weighted by atomic mass is 16.3. The Morgan fingerprint density at radius 1 is 0.773 bits per heavy atom. The van der Waals surface area contributed by atoms with Gasteiger partial charge in [-0.05, 0) is 36.4 Å². The number of carbonyl (C=O) groups excluding carboxylic acids is 1. The molecule has 1 heterocycles. The Morgan fingerprint density at radius 3 is 2.36 bits per heavy atom. The third-order valence-electron chi connectivity index (χ3n) is 3.67. The summed E-state index contributed by atoms with van der Waals surface area (Å²) in [7, 11) is 0. The predicted octanol–water partition coefficient (Wildman–Crippen LogP) is 4.84. The Kier molecular flexibility index (Phi) is 2.90. The highest BCUT2D eigenvalue weighted by molar-refractivity contribution is 6.09. The molecule has 0 aliphatic heterocycles. The molecule has 3 nitrogen and oxygen atoms in total. The lowest BCUT2D eigenvalue weighted by atomic mass is 10.1. The molecule has 0 aliphatic carbocycles. The van der Waals surface area contributed by atoms with Crippen molar-refractivity contribution < 1.29 is 9.21 Å².